The van der Waals surface area contributed by atoms with Gasteiger partial charge in [0.1, 0.15) is 12.6 Å². The first kappa shape index (κ1) is 24.3. The summed E-state index contributed by atoms with van der Waals surface area (Å²) in [6.07, 6.45) is 8.29. The topological polar surface area (TPSA) is 105 Å². The lowest BCUT2D eigenvalue weighted by molar-refractivity contribution is -0.138. The molecule has 2 unspecified atom stereocenters. The van der Waals surface area contributed by atoms with Crippen LogP contribution in [0.4, 0.5) is 4.79 Å². The molecule has 3 N–H and O–H groups in total. The average Bonchev–Trinajstić information content (AvgIpc) is 3.49. The van der Waals surface area contributed by atoms with E-state index in [1.54, 1.807) is 0 Å². The molecule has 182 valence electrons. The van der Waals surface area contributed by atoms with E-state index in [1.807, 2.05) is 36.4 Å². The number of terminal acetylenes is 1. The molecule has 2 atom stereocenters. The number of fused-ring (bicyclic) bond motifs is 3. The molecule has 0 spiro atoms. The van der Waals surface area contributed by atoms with E-state index >= 15 is 0 Å². The number of hydrogen-bond acceptors (Lipinski definition) is 4. The number of aliphatic carboxylic acids is 1. The molecular weight excluding hydrogens is 444 g/mol. The van der Waals surface area contributed by atoms with E-state index in [4.69, 9.17) is 11.2 Å². The Morgan fingerprint density at radius 2 is 1.60 bits per heavy atom. The number of benzene rings is 2. The molecule has 0 radical (unpaired) electrons. The molecule has 0 aromatic heterocycles. The summed E-state index contributed by atoms with van der Waals surface area (Å²) in [6, 6.07) is 14.6. The third kappa shape index (κ3) is 5.65. The van der Waals surface area contributed by atoms with Crippen LogP contribution in [0.25, 0.3) is 11.1 Å². The molecule has 0 saturated heterocycles. The second kappa shape index (κ2) is 11.1. The molecule has 2 amide bonds. The summed E-state index contributed by atoms with van der Waals surface area (Å²) in [5.74, 6) is 0.956. The van der Waals surface area contributed by atoms with E-state index in [0.29, 0.717) is 0 Å². The Morgan fingerprint density at radius 1 is 1.00 bits per heavy atom. The molecular formula is C28H30N2O5. The first-order chi connectivity index (χ1) is 17.0. The molecule has 35 heavy (non-hydrogen) atoms. The van der Waals surface area contributed by atoms with Gasteiger partial charge in [0.2, 0.25) is 5.91 Å². The third-order valence-electron chi connectivity index (χ3n) is 6.97. The molecule has 1 fully saturated rings. The van der Waals surface area contributed by atoms with Crippen molar-refractivity contribution in [1.29, 1.82) is 0 Å². The summed E-state index contributed by atoms with van der Waals surface area (Å²) in [7, 11) is 0. The number of rotatable bonds is 9. The number of nitrogens with one attached hydrogen (secondary N) is 2. The van der Waals surface area contributed by atoms with Gasteiger partial charge in [0.05, 0.1) is 6.42 Å². The summed E-state index contributed by atoms with van der Waals surface area (Å²) < 4.78 is 5.54. The number of ether oxygens (including phenoxy) is 1. The van der Waals surface area contributed by atoms with Crippen molar-refractivity contribution < 1.29 is 24.2 Å². The Hall–Kier alpha value is -3.79. The highest BCUT2D eigenvalue weighted by molar-refractivity contribution is 5.86. The summed E-state index contributed by atoms with van der Waals surface area (Å²) in [5.41, 5.74) is 4.43. The van der Waals surface area contributed by atoms with Gasteiger partial charge in [0, 0.05) is 18.4 Å². The molecule has 2 aliphatic rings. The number of carbonyl (C=O) groups is 3. The van der Waals surface area contributed by atoms with Gasteiger partial charge in [-0.2, -0.15) is 0 Å². The Labute approximate surface area is 205 Å². The molecule has 2 aromatic carbocycles. The molecule has 0 heterocycles. The van der Waals surface area contributed by atoms with E-state index in [2.05, 4.69) is 28.7 Å². The van der Waals surface area contributed by atoms with E-state index < -0.39 is 30.1 Å². The molecule has 0 bridgehead atoms. The fourth-order valence-electron chi connectivity index (χ4n) is 5.28. The zero-order valence-electron chi connectivity index (χ0n) is 19.5. The lowest BCUT2D eigenvalue weighted by atomic mass is 9.95. The highest BCUT2D eigenvalue weighted by atomic mass is 16.5. The lowest BCUT2D eigenvalue weighted by Gasteiger charge is -2.26. The van der Waals surface area contributed by atoms with Crippen LogP contribution in [-0.4, -0.2) is 41.8 Å². The zero-order valence-corrected chi connectivity index (χ0v) is 19.5. The molecule has 7 nitrogen and oxygen atoms in total. The van der Waals surface area contributed by atoms with Crippen molar-refractivity contribution in [1.82, 2.24) is 10.6 Å². The van der Waals surface area contributed by atoms with Gasteiger partial charge in [-0.15, -0.1) is 12.3 Å². The van der Waals surface area contributed by atoms with Crippen LogP contribution in [0.15, 0.2) is 48.5 Å². The lowest BCUT2D eigenvalue weighted by Crippen LogP contribution is -2.51. The monoisotopic (exact) mass is 474 g/mol. The van der Waals surface area contributed by atoms with E-state index in [-0.39, 0.29) is 31.3 Å². The van der Waals surface area contributed by atoms with Crippen LogP contribution in [-0.2, 0) is 14.3 Å². The number of amides is 2. The molecule has 1 saturated carbocycles. The number of alkyl carbamates (subject to hydrolysis) is 1. The van der Waals surface area contributed by atoms with Crippen molar-refractivity contribution in [3.8, 4) is 23.5 Å². The van der Waals surface area contributed by atoms with Gasteiger partial charge in [-0.1, -0.05) is 61.4 Å². The van der Waals surface area contributed by atoms with Crippen molar-refractivity contribution in [3.05, 3.63) is 59.7 Å². The smallest absolute Gasteiger partial charge is 0.407 e. The Kier molecular flexibility index (Phi) is 7.71. The van der Waals surface area contributed by atoms with Crippen LogP contribution in [0.3, 0.4) is 0 Å². The highest BCUT2D eigenvalue weighted by Crippen LogP contribution is 2.44. The molecule has 2 aromatic rings. The predicted octanol–water partition coefficient (Wildman–Crippen LogP) is 4.07. The van der Waals surface area contributed by atoms with Crippen molar-refractivity contribution in [2.75, 3.05) is 6.61 Å². The van der Waals surface area contributed by atoms with Crippen molar-refractivity contribution in [2.45, 2.75) is 56.5 Å². The first-order valence-corrected chi connectivity index (χ1v) is 12.0. The second-order valence-corrected chi connectivity index (χ2v) is 9.19. The number of carboxylic acid groups (broad SMARTS) is 1. The summed E-state index contributed by atoms with van der Waals surface area (Å²) in [4.78, 5) is 36.9. The van der Waals surface area contributed by atoms with Crippen LogP contribution >= 0.6 is 0 Å². The van der Waals surface area contributed by atoms with Gasteiger partial charge in [-0.25, -0.2) is 4.79 Å². The minimum absolute atomic E-state index is 0.0273. The fraction of sp³-hybridized carbons (Fsp3) is 0.393. The minimum Gasteiger partial charge on any atom is -0.481 e. The second-order valence-electron chi connectivity index (χ2n) is 9.19. The van der Waals surface area contributed by atoms with E-state index in [0.717, 1.165) is 47.9 Å². The quantitative estimate of drug-likeness (QED) is 0.475. The van der Waals surface area contributed by atoms with Crippen LogP contribution in [0, 0.1) is 18.3 Å². The van der Waals surface area contributed by atoms with Crippen LogP contribution in [0.2, 0.25) is 0 Å². The Bertz CT molecular complexity index is 1090. The maximum Gasteiger partial charge on any atom is 0.407 e. The van der Waals surface area contributed by atoms with Gasteiger partial charge in [0.25, 0.3) is 0 Å². The Morgan fingerprint density at radius 3 is 2.17 bits per heavy atom. The van der Waals surface area contributed by atoms with Gasteiger partial charge in [0.15, 0.2) is 0 Å². The third-order valence-corrected chi connectivity index (χ3v) is 6.97. The number of hydrogen-bond donors (Lipinski definition) is 3. The van der Waals surface area contributed by atoms with Gasteiger partial charge in [-0.05, 0) is 41.0 Å². The fourth-order valence-corrected chi connectivity index (χ4v) is 5.28. The zero-order chi connectivity index (χ0) is 24.8. The largest absolute Gasteiger partial charge is 0.481 e. The van der Waals surface area contributed by atoms with Gasteiger partial charge in [-0.3, -0.25) is 9.59 Å². The summed E-state index contributed by atoms with van der Waals surface area (Å²) in [6.45, 7) is 0.119. The van der Waals surface area contributed by atoms with Gasteiger partial charge >= 0.3 is 12.1 Å². The SMILES string of the molecule is C#CCC(NC(=O)OCC1c2ccccc2-c2ccccc21)C(=O)NC(CC(=O)O)C1CCCC1. The van der Waals surface area contributed by atoms with Crippen molar-refractivity contribution >= 4 is 18.0 Å². The molecule has 7 heteroatoms. The average molecular weight is 475 g/mol. The van der Waals surface area contributed by atoms with Crippen LogP contribution in [0.5, 0.6) is 0 Å². The molecule has 2 aliphatic carbocycles. The number of carbonyl (C=O) groups excluding carboxylic acids is 2. The summed E-state index contributed by atoms with van der Waals surface area (Å²) in [5, 5.41) is 14.7. The maximum atomic E-state index is 12.9. The van der Waals surface area contributed by atoms with Crippen molar-refractivity contribution in [3.63, 3.8) is 0 Å². The molecule has 4 rings (SSSR count). The normalized spacial score (nSPS) is 16.4. The highest BCUT2D eigenvalue weighted by Gasteiger charge is 2.32. The van der Waals surface area contributed by atoms with Crippen LogP contribution in [0.1, 0.15) is 55.6 Å². The van der Waals surface area contributed by atoms with Gasteiger partial charge < -0.3 is 20.5 Å². The predicted molar refractivity (Wildman–Crippen MR) is 132 cm³/mol. The standard InChI is InChI=1S/C28H30N2O5/c1-2-9-24(27(33)29-25(16-26(31)32)18-10-3-4-11-18)30-28(34)35-17-23-21-14-7-5-12-19(21)20-13-6-8-15-22(20)23/h1,5-8,12-15,18,23-25H,3-4,9-11,16-17H2,(H,29,33)(H,30,34)(H,31,32). The van der Waals surface area contributed by atoms with E-state index in [1.165, 1.54) is 0 Å². The van der Waals surface area contributed by atoms with E-state index in [9.17, 15) is 19.5 Å². The summed E-state index contributed by atoms with van der Waals surface area (Å²) >= 11 is 0. The molecule has 0 aliphatic heterocycles. The number of carboxylic acids is 1. The Balaban J connectivity index is 1.39. The minimum atomic E-state index is -1.01. The first-order valence-electron chi connectivity index (χ1n) is 12.0. The van der Waals surface area contributed by atoms with Crippen LogP contribution < -0.4 is 10.6 Å². The van der Waals surface area contributed by atoms with Crippen molar-refractivity contribution in [2.24, 2.45) is 5.92 Å². The maximum absolute atomic E-state index is 12.9.